The van der Waals surface area contributed by atoms with Gasteiger partial charge < -0.3 is 15.3 Å². The fraction of sp³-hybridized carbons (Fsp3) is 0.179. The van der Waals surface area contributed by atoms with Gasteiger partial charge in [-0.15, -0.1) is 0 Å². The smallest absolute Gasteiger partial charge is 0.300 e. The Kier molecular flexibility index (Phi) is 6.61. The minimum atomic E-state index is -0.945. The molecule has 1 aliphatic rings. The Hall–Kier alpha value is -4.46. The summed E-state index contributed by atoms with van der Waals surface area (Å²) in [5, 5.41) is 13.9. The van der Waals surface area contributed by atoms with E-state index in [2.05, 4.69) is 5.32 Å². The molecular weight excluding hydrogens is 461 g/mol. The second kappa shape index (κ2) is 9.65. The van der Waals surface area contributed by atoms with Gasteiger partial charge in [-0.2, -0.15) is 0 Å². The van der Waals surface area contributed by atoms with Crippen LogP contribution in [0.15, 0.2) is 72.3 Å². The monoisotopic (exact) mass is 487 g/mol. The summed E-state index contributed by atoms with van der Waals surface area (Å²) in [5.74, 6) is -2.80. The molecule has 2 N–H and O–H groups in total. The second-order valence-electron chi connectivity index (χ2n) is 8.85. The standard InChI is InChI=1S/C28H26FN3O4/c1-16-14-19(10-13-23(16)29)26(34)24-25(18-8-11-21(12-9-18)31(3)4)32(28(36)27(24)35)22-7-5-6-20(15-22)30-17(2)33/h5-15,25,34H,1-4H3,(H,30,33)/b26-24+. The zero-order valence-corrected chi connectivity index (χ0v) is 20.4. The Labute approximate surface area is 208 Å². The Morgan fingerprint density at radius 1 is 1.03 bits per heavy atom. The Bertz CT molecular complexity index is 1400. The molecule has 1 atom stereocenters. The molecular formula is C28H26FN3O4. The average molecular weight is 488 g/mol. The molecule has 0 bridgehead atoms. The molecule has 0 saturated carbocycles. The van der Waals surface area contributed by atoms with Crippen LogP contribution in [0.1, 0.15) is 29.7 Å². The number of hydrogen-bond donors (Lipinski definition) is 2. The van der Waals surface area contributed by atoms with Crippen molar-refractivity contribution in [2.24, 2.45) is 0 Å². The van der Waals surface area contributed by atoms with Crippen molar-refractivity contribution >= 4 is 40.4 Å². The molecule has 0 aliphatic carbocycles. The summed E-state index contributed by atoms with van der Waals surface area (Å²) in [6, 6.07) is 16.9. The van der Waals surface area contributed by atoms with Crippen molar-refractivity contribution in [1.82, 2.24) is 0 Å². The molecule has 184 valence electrons. The largest absolute Gasteiger partial charge is 0.507 e. The predicted octanol–water partition coefficient (Wildman–Crippen LogP) is 4.78. The number of aliphatic hydroxyl groups excluding tert-OH is 1. The van der Waals surface area contributed by atoms with Gasteiger partial charge >= 0.3 is 0 Å². The van der Waals surface area contributed by atoms with E-state index in [-0.39, 0.29) is 17.0 Å². The summed E-state index contributed by atoms with van der Waals surface area (Å²) in [7, 11) is 3.79. The number of Topliss-reactive ketones (excluding diaryl/α,β-unsaturated/α-hetero) is 1. The van der Waals surface area contributed by atoms with Crippen LogP contribution >= 0.6 is 0 Å². The van der Waals surface area contributed by atoms with E-state index >= 15 is 0 Å². The predicted molar refractivity (Wildman–Crippen MR) is 137 cm³/mol. The normalized spacial score (nSPS) is 16.8. The Balaban J connectivity index is 1.92. The quantitative estimate of drug-likeness (QED) is 0.307. The number of aliphatic hydroxyl groups is 1. The lowest BCUT2D eigenvalue weighted by atomic mass is 9.94. The molecule has 2 amide bonds. The maximum Gasteiger partial charge on any atom is 0.300 e. The summed E-state index contributed by atoms with van der Waals surface area (Å²) in [5.41, 5.74) is 2.77. The van der Waals surface area contributed by atoms with Crippen molar-refractivity contribution in [3.8, 4) is 0 Å². The highest BCUT2D eigenvalue weighted by Gasteiger charge is 2.47. The summed E-state index contributed by atoms with van der Waals surface area (Å²) >= 11 is 0. The molecule has 0 radical (unpaired) electrons. The number of aryl methyl sites for hydroxylation is 1. The highest BCUT2D eigenvalue weighted by Crippen LogP contribution is 2.43. The van der Waals surface area contributed by atoms with Gasteiger partial charge in [-0.25, -0.2) is 4.39 Å². The molecule has 1 saturated heterocycles. The SMILES string of the molecule is CC(=O)Nc1cccc(N2C(=O)C(=O)/C(=C(/O)c3ccc(F)c(C)c3)C2c2ccc(N(C)C)cc2)c1. The molecule has 1 fully saturated rings. The molecule has 36 heavy (non-hydrogen) atoms. The number of amides is 2. The van der Waals surface area contributed by atoms with Crippen LogP contribution in [0, 0.1) is 12.7 Å². The van der Waals surface area contributed by atoms with Crippen molar-refractivity contribution < 1.29 is 23.9 Å². The Morgan fingerprint density at radius 2 is 1.72 bits per heavy atom. The van der Waals surface area contributed by atoms with Gasteiger partial charge in [-0.3, -0.25) is 19.3 Å². The van der Waals surface area contributed by atoms with Gasteiger partial charge in [-0.1, -0.05) is 18.2 Å². The second-order valence-corrected chi connectivity index (χ2v) is 8.85. The number of carbonyl (C=O) groups is 3. The molecule has 4 rings (SSSR count). The topological polar surface area (TPSA) is 90.0 Å². The van der Waals surface area contributed by atoms with Gasteiger partial charge in [0.2, 0.25) is 5.91 Å². The van der Waals surface area contributed by atoms with Crippen LogP contribution in [0.3, 0.4) is 0 Å². The third-order valence-electron chi connectivity index (χ3n) is 6.05. The number of benzene rings is 3. The van der Waals surface area contributed by atoms with Gasteiger partial charge in [0.25, 0.3) is 11.7 Å². The van der Waals surface area contributed by atoms with Crippen LogP contribution in [0.5, 0.6) is 0 Å². The number of ketones is 1. The summed E-state index contributed by atoms with van der Waals surface area (Å²) in [6.07, 6.45) is 0. The van der Waals surface area contributed by atoms with Crippen molar-refractivity contribution in [3.05, 3.63) is 94.8 Å². The van der Waals surface area contributed by atoms with Gasteiger partial charge in [0.05, 0.1) is 11.6 Å². The Morgan fingerprint density at radius 3 is 2.33 bits per heavy atom. The van der Waals surface area contributed by atoms with E-state index in [1.54, 1.807) is 43.3 Å². The van der Waals surface area contributed by atoms with E-state index in [1.807, 2.05) is 31.1 Å². The highest BCUT2D eigenvalue weighted by molar-refractivity contribution is 6.51. The lowest BCUT2D eigenvalue weighted by Gasteiger charge is -2.26. The lowest BCUT2D eigenvalue weighted by molar-refractivity contribution is -0.132. The van der Waals surface area contributed by atoms with E-state index in [4.69, 9.17) is 0 Å². The van der Waals surface area contributed by atoms with Crippen molar-refractivity contribution in [3.63, 3.8) is 0 Å². The average Bonchev–Trinajstić information content (AvgIpc) is 3.10. The van der Waals surface area contributed by atoms with Gasteiger partial charge in [0.1, 0.15) is 11.6 Å². The molecule has 0 aromatic heterocycles. The van der Waals surface area contributed by atoms with Crippen LogP contribution < -0.4 is 15.1 Å². The first-order valence-corrected chi connectivity index (χ1v) is 11.3. The number of rotatable bonds is 5. The van der Waals surface area contributed by atoms with Crippen LogP contribution in [0.25, 0.3) is 5.76 Å². The van der Waals surface area contributed by atoms with Crippen LogP contribution in [0.2, 0.25) is 0 Å². The minimum Gasteiger partial charge on any atom is -0.507 e. The zero-order chi connectivity index (χ0) is 26.1. The fourth-order valence-electron chi connectivity index (χ4n) is 4.25. The van der Waals surface area contributed by atoms with E-state index < -0.39 is 29.3 Å². The first-order valence-electron chi connectivity index (χ1n) is 11.3. The zero-order valence-electron chi connectivity index (χ0n) is 20.4. The van der Waals surface area contributed by atoms with Gasteiger partial charge in [-0.05, 0) is 66.6 Å². The first-order chi connectivity index (χ1) is 17.1. The van der Waals surface area contributed by atoms with E-state index in [0.29, 0.717) is 22.5 Å². The summed E-state index contributed by atoms with van der Waals surface area (Å²) in [4.78, 5) is 41.4. The molecule has 1 aliphatic heterocycles. The third-order valence-corrected chi connectivity index (χ3v) is 6.05. The highest BCUT2D eigenvalue weighted by atomic mass is 19.1. The van der Waals surface area contributed by atoms with Gasteiger partial charge in [0.15, 0.2) is 0 Å². The maximum absolute atomic E-state index is 13.9. The first kappa shape index (κ1) is 24.7. The van der Waals surface area contributed by atoms with E-state index in [1.165, 1.54) is 30.0 Å². The number of halogens is 1. The molecule has 3 aromatic rings. The number of carbonyl (C=O) groups excluding carboxylic acids is 3. The molecule has 7 nitrogen and oxygen atoms in total. The van der Waals surface area contributed by atoms with E-state index in [0.717, 1.165) is 5.69 Å². The minimum absolute atomic E-state index is 0.103. The van der Waals surface area contributed by atoms with Gasteiger partial charge in [0, 0.05) is 43.6 Å². The molecule has 8 heteroatoms. The fourth-order valence-corrected chi connectivity index (χ4v) is 4.25. The lowest BCUT2D eigenvalue weighted by Crippen LogP contribution is -2.29. The molecule has 1 heterocycles. The number of anilines is 3. The molecule has 3 aromatic carbocycles. The van der Waals surface area contributed by atoms with Crippen molar-refractivity contribution in [2.75, 3.05) is 29.2 Å². The van der Waals surface area contributed by atoms with Crippen molar-refractivity contribution in [1.29, 1.82) is 0 Å². The summed E-state index contributed by atoms with van der Waals surface area (Å²) < 4.78 is 13.9. The molecule has 1 unspecified atom stereocenters. The number of nitrogens with zero attached hydrogens (tertiary/aromatic N) is 2. The summed E-state index contributed by atoms with van der Waals surface area (Å²) in [6.45, 7) is 2.92. The molecule has 0 spiro atoms. The third kappa shape index (κ3) is 4.57. The number of hydrogen-bond acceptors (Lipinski definition) is 5. The maximum atomic E-state index is 13.9. The van der Waals surface area contributed by atoms with Crippen LogP contribution in [-0.2, 0) is 14.4 Å². The number of nitrogens with one attached hydrogen (secondary N) is 1. The van der Waals surface area contributed by atoms with Crippen molar-refractivity contribution in [2.45, 2.75) is 19.9 Å². The van der Waals surface area contributed by atoms with E-state index in [9.17, 15) is 23.9 Å². The van der Waals surface area contributed by atoms with Crippen LogP contribution in [0.4, 0.5) is 21.5 Å². The van der Waals surface area contributed by atoms with Crippen LogP contribution in [-0.4, -0.2) is 36.8 Å².